The molecular weight excluding hydrogens is 186 g/mol. The van der Waals surface area contributed by atoms with E-state index in [9.17, 15) is 14.7 Å². The van der Waals surface area contributed by atoms with E-state index in [0.717, 1.165) is 0 Å². The zero-order valence-corrected chi connectivity index (χ0v) is 8.70. The SMILES string of the molecule is CC(C)C(=O)NCC(C)(O)CC(=O)O. The second-order valence-electron chi connectivity index (χ2n) is 3.94. The van der Waals surface area contributed by atoms with Gasteiger partial charge in [-0.2, -0.15) is 0 Å². The molecule has 0 aromatic rings. The normalized spacial score (nSPS) is 14.9. The number of carbonyl (C=O) groups excluding carboxylic acids is 1. The second-order valence-corrected chi connectivity index (χ2v) is 3.94. The first-order chi connectivity index (χ1) is 6.24. The molecule has 0 fully saturated rings. The van der Waals surface area contributed by atoms with Crippen molar-refractivity contribution < 1.29 is 19.8 Å². The van der Waals surface area contributed by atoms with Gasteiger partial charge < -0.3 is 15.5 Å². The molecular formula is C9H17NO4. The Morgan fingerprint density at radius 2 is 1.93 bits per heavy atom. The van der Waals surface area contributed by atoms with E-state index in [0.29, 0.717) is 0 Å². The van der Waals surface area contributed by atoms with Gasteiger partial charge in [0.05, 0.1) is 12.0 Å². The third kappa shape index (κ3) is 5.53. The Balaban J connectivity index is 3.98. The van der Waals surface area contributed by atoms with E-state index >= 15 is 0 Å². The van der Waals surface area contributed by atoms with Crippen molar-refractivity contribution in [2.24, 2.45) is 5.92 Å². The lowest BCUT2D eigenvalue weighted by atomic mass is 10.0. The van der Waals surface area contributed by atoms with Crippen molar-refractivity contribution in [3.8, 4) is 0 Å². The molecule has 5 nitrogen and oxygen atoms in total. The molecule has 1 amide bonds. The highest BCUT2D eigenvalue weighted by molar-refractivity contribution is 5.78. The molecule has 0 heterocycles. The highest BCUT2D eigenvalue weighted by atomic mass is 16.4. The fourth-order valence-corrected chi connectivity index (χ4v) is 0.870. The topological polar surface area (TPSA) is 86.6 Å². The molecule has 0 saturated heterocycles. The van der Waals surface area contributed by atoms with Gasteiger partial charge in [-0.05, 0) is 6.92 Å². The zero-order valence-electron chi connectivity index (χ0n) is 8.70. The maximum Gasteiger partial charge on any atom is 0.306 e. The summed E-state index contributed by atoms with van der Waals surface area (Å²) >= 11 is 0. The van der Waals surface area contributed by atoms with Gasteiger partial charge in [-0.3, -0.25) is 9.59 Å². The molecule has 0 aromatic heterocycles. The number of carboxylic acid groups (broad SMARTS) is 1. The van der Waals surface area contributed by atoms with Gasteiger partial charge in [0.15, 0.2) is 0 Å². The van der Waals surface area contributed by atoms with Crippen LogP contribution >= 0.6 is 0 Å². The van der Waals surface area contributed by atoms with Crippen molar-refractivity contribution in [3.05, 3.63) is 0 Å². The van der Waals surface area contributed by atoms with Crippen LogP contribution in [0.3, 0.4) is 0 Å². The predicted octanol–water partition coefficient (Wildman–Crippen LogP) is -0.0157. The number of nitrogens with one attached hydrogen (secondary N) is 1. The lowest BCUT2D eigenvalue weighted by molar-refractivity contribution is -0.142. The number of carbonyl (C=O) groups is 2. The molecule has 14 heavy (non-hydrogen) atoms. The number of aliphatic hydroxyl groups is 1. The number of hydrogen-bond acceptors (Lipinski definition) is 3. The first-order valence-electron chi connectivity index (χ1n) is 4.46. The quantitative estimate of drug-likeness (QED) is 0.586. The fourth-order valence-electron chi connectivity index (χ4n) is 0.870. The highest BCUT2D eigenvalue weighted by Gasteiger charge is 2.25. The summed E-state index contributed by atoms with van der Waals surface area (Å²) in [5, 5.41) is 20.4. The fraction of sp³-hybridized carbons (Fsp3) is 0.778. The van der Waals surface area contributed by atoms with Crippen molar-refractivity contribution in [2.75, 3.05) is 6.54 Å². The lowest BCUT2D eigenvalue weighted by Crippen LogP contribution is -2.43. The van der Waals surface area contributed by atoms with Crippen LogP contribution in [0.2, 0.25) is 0 Å². The summed E-state index contributed by atoms with van der Waals surface area (Å²) in [6, 6.07) is 0. The number of carboxylic acids is 1. The average Bonchev–Trinajstić information content (AvgIpc) is 1.97. The smallest absolute Gasteiger partial charge is 0.306 e. The number of hydrogen-bond donors (Lipinski definition) is 3. The summed E-state index contributed by atoms with van der Waals surface area (Å²) in [4.78, 5) is 21.4. The van der Waals surface area contributed by atoms with Crippen LogP contribution in [0, 0.1) is 5.92 Å². The largest absolute Gasteiger partial charge is 0.481 e. The van der Waals surface area contributed by atoms with Crippen LogP contribution < -0.4 is 5.32 Å². The molecule has 5 heteroatoms. The van der Waals surface area contributed by atoms with Crippen LogP contribution in [0.4, 0.5) is 0 Å². The molecule has 0 aliphatic carbocycles. The minimum Gasteiger partial charge on any atom is -0.481 e. The molecule has 3 N–H and O–H groups in total. The van der Waals surface area contributed by atoms with Gasteiger partial charge in [0.2, 0.25) is 5.91 Å². The van der Waals surface area contributed by atoms with Crippen LogP contribution in [0.1, 0.15) is 27.2 Å². The Morgan fingerprint density at radius 3 is 2.29 bits per heavy atom. The Bertz CT molecular complexity index is 223. The van der Waals surface area contributed by atoms with Crippen LogP contribution in [0.25, 0.3) is 0 Å². The summed E-state index contributed by atoms with van der Waals surface area (Å²) in [7, 11) is 0. The summed E-state index contributed by atoms with van der Waals surface area (Å²) in [6.07, 6.45) is -0.384. The predicted molar refractivity (Wildman–Crippen MR) is 50.7 cm³/mol. The van der Waals surface area contributed by atoms with Gasteiger partial charge in [-0.25, -0.2) is 0 Å². The molecule has 0 radical (unpaired) electrons. The molecule has 0 saturated carbocycles. The summed E-state index contributed by atoms with van der Waals surface area (Å²) < 4.78 is 0. The number of rotatable bonds is 5. The van der Waals surface area contributed by atoms with E-state index in [2.05, 4.69) is 5.32 Å². The molecule has 0 aliphatic heterocycles. The van der Waals surface area contributed by atoms with Gasteiger partial charge in [0.1, 0.15) is 0 Å². The summed E-state index contributed by atoms with van der Waals surface area (Å²) in [5.74, 6) is -1.46. The minimum atomic E-state index is -1.39. The van der Waals surface area contributed by atoms with Crippen molar-refractivity contribution >= 4 is 11.9 Å². The van der Waals surface area contributed by atoms with E-state index in [1.165, 1.54) is 6.92 Å². The number of aliphatic carboxylic acids is 1. The van der Waals surface area contributed by atoms with Crippen molar-refractivity contribution in [3.63, 3.8) is 0 Å². The van der Waals surface area contributed by atoms with Crippen LogP contribution in [0.5, 0.6) is 0 Å². The second kappa shape index (κ2) is 4.95. The first-order valence-corrected chi connectivity index (χ1v) is 4.46. The summed E-state index contributed by atoms with van der Waals surface area (Å²) in [6.45, 7) is 4.78. The summed E-state index contributed by atoms with van der Waals surface area (Å²) in [5.41, 5.74) is -1.39. The van der Waals surface area contributed by atoms with Gasteiger partial charge in [0, 0.05) is 12.5 Å². The standard InChI is InChI=1S/C9H17NO4/c1-6(2)8(13)10-5-9(3,14)4-7(11)12/h6,14H,4-5H2,1-3H3,(H,10,13)(H,11,12). The van der Waals surface area contributed by atoms with Crippen LogP contribution in [-0.4, -0.2) is 34.2 Å². The van der Waals surface area contributed by atoms with E-state index in [1.54, 1.807) is 13.8 Å². The Morgan fingerprint density at radius 1 is 1.43 bits per heavy atom. The monoisotopic (exact) mass is 203 g/mol. The van der Waals surface area contributed by atoms with Crippen LogP contribution in [0.15, 0.2) is 0 Å². The third-order valence-electron chi connectivity index (χ3n) is 1.70. The molecule has 1 atom stereocenters. The lowest BCUT2D eigenvalue weighted by Gasteiger charge is -2.21. The van der Waals surface area contributed by atoms with Gasteiger partial charge in [-0.1, -0.05) is 13.8 Å². The molecule has 0 bridgehead atoms. The molecule has 0 rings (SSSR count). The molecule has 82 valence electrons. The average molecular weight is 203 g/mol. The van der Waals surface area contributed by atoms with Gasteiger partial charge >= 0.3 is 5.97 Å². The van der Waals surface area contributed by atoms with Crippen molar-refractivity contribution in [2.45, 2.75) is 32.8 Å². The highest BCUT2D eigenvalue weighted by Crippen LogP contribution is 2.07. The van der Waals surface area contributed by atoms with Crippen molar-refractivity contribution in [1.82, 2.24) is 5.32 Å². The molecule has 0 aromatic carbocycles. The maximum absolute atomic E-state index is 11.1. The third-order valence-corrected chi connectivity index (χ3v) is 1.70. The number of amides is 1. The Hall–Kier alpha value is -1.10. The Kier molecular flexibility index (Phi) is 4.56. The van der Waals surface area contributed by atoms with E-state index < -0.39 is 11.6 Å². The van der Waals surface area contributed by atoms with E-state index in [-0.39, 0.29) is 24.8 Å². The van der Waals surface area contributed by atoms with Gasteiger partial charge in [-0.15, -0.1) is 0 Å². The van der Waals surface area contributed by atoms with E-state index in [1.807, 2.05) is 0 Å². The minimum absolute atomic E-state index is 0.0453. The Labute approximate surface area is 83.1 Å². The van der Waals surface area contributed by atoms with E-state index in [4.69, 9.17) is 5.11 Å². The first kappa shape index (κ1) is 12.9. The molecule has 1 unspecified atom stereocenters. The zero-order chi connectivity index (χ0) is 11.4. The maximum atomic E-state index is 11.1. The van der Waals surface area contributed by atoms with Gasteiger partial charge in [0.25, 0.3) is 0 Å². The molecule has 0 spiro atoms. The molecule has 0 aliphatic rings. The van der Waals surface area contributed by atoms with Crippen molar-refractivity contribution in [1.29, 1.82) is 0 Å². The van der Waals surface area contributed by atoms with Crippen LogP contribution in [-0.2, 0) is 9.59 Å².